The largest absolute Gasteiger partial charge is 0.444 e. The molecule has 10 nitrogen and oxygen atoms in total. The molecule has 0 aromatic heterocycles. The van der Waals surface area contributed by atoms with Crippen LogP contribution in [0.3, 0.4) is 0 Å². The highest BCUT2D eigenvalue weighted by Crippen LogP contribution is 2.32. The van der Waals surface area contributed by atoms with Crippen molar-refractivity contribution in [2.45, 2.75) is 109 Å². The second-order valence-corrected chi connectivity index (χ2v) is 12.8. The number of carbonyl (C=O) groups excluding carboxylic acids is 5. The molecule has 1 heterocycles. The molecule has 1 saturated heterocycles. The van der Waals surface area contributed by atoms with Gasteiger partial charge in [0.2, 0.25) is 17.6 Å². The molecule has 2 fully saturated rings. The summed E-state index contributed by atoms with van der Waals surface area (Å²) in [6.07, 6.45) is 7.05. The maximum atomic E-state index is 14.1. The quantitative estimate of drug-likeness (QED) is 0.390. The van der Waals surface area contributed by atoms with Crippen molar-refractivity contribution < 1.29 is 28.7 Å². The number of nitrogens with two attached hydrogens (primary N) is 1. The summed E-state index contributed by atoms with van der Waals surface area (Å²) >= 11 is 0. The van der Waals surface area contributed by atoms with E-state index in [9.17, 15) is 24.0 Å². The van der Waals surface area contributed by atoms with Crippen LogP contribution in [0.5, 0.6) is 0 Å². The fourth-order valence-corrected chi connectivity index (χ4v) is 6.55. The number of benzene rings is 1. The summed E-state index contributed by atoms with van der Waals surface area (Å²) in [4.78, 5) is 66.4. The third-order valence-electron chi connectivity index (χ3n) is 8.50. The first kappa shape index (κ1) is 30.5. The van der Waals surface area contributed by atoms with Gasteiger partial charge in [0.1, 0.15) is 17.7 Å². The number of carbonyl (C=O) groups is 5. The molecular weight excluding hydrogens is 524 g/mol. The van der Waals surface area contributed by atoms with Gasteiger partial charge in [-0.15, -0.1) is 0 Å². The lowest BCUT2D eigenvalue weighted by Crippen LogP contribution is -2.58. The minimum Gasteiger partial charge on any atom is -0.444 e. The lowest BCUT2D eigenvalue weighted by molar-refractivity contribution is -0.143. The molecule has 1 aliphatic heterocycles. The van der Waals surface area contributed by atoms with Gasteiger partial charge < -0.3 is 26.0 Å². The number of hydrogen-bond acceptors (Lipinski definition) is 6. The van der Waals surface area contributed by atoms with Crippen LogP contribution in [-0.4, -0.2) is 64.8 Å². The van der Waals surface area contributed by atoms with Crippen molar-refractivity contribution in [3.8, 4) is 0 Å². The van der Waals surface area contributed by atoms with Gasteiger partial charge in [0.25, 0.3) is 5.91 Å². The third-order valence-corrected chi connectivity index (χ3v) is 8.50. The summed E-state index contributed by atoms with van der Waals surface area (Å²) in [5.41, 5.74) is 6.85. The van der Waals surface area contributed by atoms with Gasteiger partial charge in [-0.05, 0) is 75.8 Å². The Balaban J connectivity index is 1.51. The van der Waals surface area contributed by atoms with Gasteiger partial charge in [-0.2, -0.15) is 0 Å². The first-order valence-electron chi connectivity index (χ1n) is 14.9. The summed E-state index contributed by atoms with van der Waals surface area (Å²) in [5.74, 6) is -2.69. The lowest BCUT2D eigenvalue weighted by atomic mass is 9.84. The summed E-state index contributed by atoms with van der Waals surface area (Å²) in [7, 11) is 0. The molecule has 3 atom stereocenters. The number of nitrogens with zero attached hydrogens (tertiary/aromatic N) is 1. The topological polar surface area (TPSA) is 148 Å². The van der Waals surface area contributed by atoms with Gasteiger partial charge in [0, 0.05) is 6.54 Å². The van der Waals surface area contributed by atoms with E-state index in [1.54, 1.807) is 20.8 Å². The Bertz CT molecular complexity index is 1130. The summed E-state index contributed by atoms with van der Waals surface area (Å²) in [5, 5.41) is 5.59. The van der Waals surface area contributed by atoms with Gasteiger partial charge in [-0.3, -0.25) is 19.2 Å². The molecule has 4 rings (SSSR count). The summed E-state index contributed by atoms with van der Waals surface area (Å²) < 4.78 is 5.48. The number of amides is 4. The Hall–Kier alpha value is -3.43. The molecule has 2 unspecified atom stereocenters. The second-order valence-electron chi connectivity index (χ2n) is 12.8. The SMILES string of the molecule is CC(C)(C)OC(=O)NC(C(=O)N1CCC[C@H]1C(=O)NC(CC1CCCCC1)C(=O)C(N)=O)C1Cc2ccccc2C1. The minimum absolute atomic E-state index is 0.202. The van der Waals surface area contributed by atoms with Gasteiger partial charge in [0.05, 0.1) is 6.04 Å². The van der Waals surface area contributed by atoms with E-state index in [1.165, 1.54) is 4.90 Å². The molecule has 3 aliphatic rings. The van der Waals surface area contributed by atoms with Gasteiger partial charge in [0.15, 0.2) is 0 Å². The van der Waals surface area contributed by atoms with Gasteiger partial charge in [-0.1, -0.05) is 56.4 Å². The molecule has 1 aromatic carbocycles. The van der Waals surface area contributed by atoms with Crippen LogP contribution in [0.1, 0.15) is 83.3 Å². The van der Waals surface area contributed by atoms with Crippen LogP contribution in [0, 0.1) is 11.8 Å². The lowest BCUT2D eigenvalue weighted by Gasteiger charge is -2.33. The molecule has 10 heteroatoms. The molecule has 1 aromatic rings. The highest BCUT2D eigenvalue weighted by molar-refractivity contribution is 6.37. The molecule has 4 amide bonds. The molecule has 4 N–H and O–H groups in total. The zero-order chi connectivity index (χ0) is 29.7. The van der Waals surface area contributed by atoms with Crippen molar-refractivity contribution in [1.82, 2.24) is 15.5 Å². The van der Waals surface area contributed by atoms with E-state index >= 15 is 0 Å². The van der Waals surface area contributed by atoms with E-state index in [0.717, 1.165) is 43.2 Å². The maximum Gasteiger partial charge on any atom is 0.408 e. The molecular formula is C31H44N4O6. The fourth-order valence-electron chi connectivity index (χ4n) is 6.55. The average Bonchev–Trinajstić information content (AvgIpc) is 3.57. The summed E-state index contributed by atoms with van der Waals surface area (Å²) in [6, 6.07) is 5.24. The average molecular weight is 569 g/mol. The van der Waals surface area contributed by atoms with Crippen LogP contribution in [0.15, 0.2) is 24.3 Å². The maximum absolute atomic E-state index is 14.1. The van der Waals surface area contributed by atoms with Crippen molar-refractivity contribution >= 4 is 29.6 Å². The van der Waals surface area contributed by atoms with E-state index in [0.29, 0.717) is 38.6 Å². The Kier molecular flexibility index (Phi) is 9.71. The predicted octanol–water partition coefficient (Wildman–Crippen LogP) is 2.80. The van der Waals surface area contributed by atoms with Crippen LogP contribution >= 0.6 is 0 Å². The van der Waals surface area contributed by atoms with Crippen LogP contribution in [0.2, 0.25) is 0 Å². The number of likely N-dealkylation sites (tertiary alicyclic amines) is 1. The van der Waals surface area contributed by atoms with Gasteiger partial charge in [-0.25, -0.2) is 4.79 Å². The predicted molar refractivity (Wildman–Crippen MR) is 153 cm³/mol. The highest BCUT2D eigenvalue weighted by atomic mass is 16.6. The molecule has 0 spiro atoms. The standard InChI is InChI=1S/C31H44N4O6/c1-31(2,3)41-30(40)34-25(22-17-20-12-7-8-13-21(20)18-22)29(39)35-15-9-14-24(35)28(38)33-23(26(36)27(32)37)16-19-10-5-4-6-11-19/h7-8,12-13,19,22-25H,4-6,9-11,14-18H2,1-3H3,(H2,32,37)(H,33,38)(H,34,40)/t23?,24-,25?/m0/s1. The first-order valence-corrected chi connectivity index (χ1v) is 14.9. The van der Waals surface area contributed by atoms with Crippen LogP contribution in [0.4, 0.5) is 4.79 Å². The number of hydrogen-bond donors (Lipinski definition) is 3. The van der Waals surface area contributed by atoms with Gasteiger partial charge >= 0.3 is 6.09 Å². The van der Waals surface area contributed by atoms with E-state index < -0.39 is 47.4 Å². The fraction of sp³-hybridized carbons (Fsp3) is 0.645. The number of ether oxygens (including phenoxy) is 1. The smallest absolute Gasteiger partial charge is 0.408 e. The molecule has 1 saturated carbocycles. The molecule has 2 aliphatic carbocycles. The molecule has 224 valence electrons. The number of alkyl carbamates (subject to hydrolysis) is 1. The van der Waals surface area contributed by atoms with Crippen molar-refractivity contribution in [3.05, 3.63) is 35.4 Å². The van der Waals surface area contributed by atoms with Crippen molar-refractivity contribution in [1.29, 1.82) is 0 Å². The molecule has 41 heavy (non-hydrogen) atoms. The normalized spacial score (nSPS) is 21.0. The van der Waals surface area contributed by atoms with Crippen LogP contribution in [-0.2, 0) is 36.8 Å². The Morgan fingerprint density at radius 1 is 0.951 bits per heavy atom. The van der Waals surface area contributed by atoms with E-state index in [1.807, 2.05) is 24.3 Å². The number of fused-ring (bicyclic) bond motifs is 1. The molecule has 0 radical (unpaired) electrons. The number of nitrogens with one attached hydrogen (secondary N) is 2. The van der Waals surface area contributed by atoms with Crippen molar-refractivity contribution in [2.75, 3.05) is 6.54 Å². The van der Waals surface area contributed by atoms with E-state index in [2.05, 4.69) is 10.6 Å². The second kappa shape index (κ2) is 13.0. The first-order chi connectivity index (χ1) is 19.4. The number of rotatable bonds is 9. The monoisotopic (exact) mass is 568 g/mol. The zero-order valence-corrected chi connectivity index (χ0v) is 24.4. The Morgan fingerprint density at radius 2 is 1.59 bits per heavy atom. The number of primary amides is 1. The number of Topliss-reactive ketones (excluding diaryl/α,β-unsaturated/α-hetero) is 1. The highest BCUT2D eigenvalue weighted by Gasteiger charge is 2.43. The Labute approximate surface area is 242 Å². The van der Waals surface area contributed by atoms with Crippen LogP contribution < -0.4 is 16.4 Å². The summed E-state index contributed by atoms with van der Waals surface area (Å²) in [6.45, 7) is 5.62. The zero-order valence-electron chi connectivity index (χ0n) is 24.4. The van der Waals surface area contributed by atoms with E-state index in [-0.39, 0.29) is 17.7 Å². The van der Waals surface area contributed by atoms with E-state index in [4.69, 9.17) is 10.5 Å². The number of ketones is 1. The van der Waals surface area contributed by atoms with Crippen LogP contribution in [0.25, 0.3) is 0 Å². The minimum atomic E-state index is -1.08. The molecule has 0 bridgehead atoms. The van der Waals surface area contributed by atoms with Crippen molar-refractivity contribution in [2.24, 2.45) is 17.6 Å². The Morgan fingerprint density at radius 3 is 2.17 bits per heavy atom. The third kappa shape index (κ3) is 7.86. The van der Waals surface area contributed by atoms with Crippen molar-refractivity contribution in [3.63, 3.8) is 0 Å².